The average molecular weight is 690 g/mol. The highest BCUT2D eigenvalue weighted by Crippen LogP contribution is 2.43. The third-order valence-electron chi connectivity index (χ3n) is 10.5. The van der Waals surface area contributed by atoms with E-state index in [1.807, 2.05) is 12.1 Å². The summed E-state index contributed by atoms with van der Waals surface area (Å²) in [5, 5.41) is 4.74. The summed E-state index contributed by atoms with van der Waals surface area (Å²) < 4.78 is 6.57. The molecular weight excluding hydrogens is 655 g/mol. The lowest BCUT2D eigenvalue weighted by atomic mass is 9.96. The van der Waals surface area contributed by atoms with Gasteiger partial charge in [0.15, 0.2) is 5.58 Å². The van der Waals surface area contributed by atoms with Gasteiger partial charge in [-0.2, -0.15) is 0 Å². The molecule has 0 bridgehead atoms. The molecule has 10 aromatic rings. The lowest BCUT2D eigenvalue weighted by Gasteiger charge is -2.26. The van der Waals surface area contributed by atoms with E-state index in [2.05, 4.69) is 205 Å². The van der Waals surface area contributed by atoms with E-state index in [-0.39, 0.29) is 0 Å². The summed E-state index contributed by atoms with van der Waals surface area (Å²) >= 11 is 0. The summed E-state index contributed by atoms with van der Waals surface area (Å²) in [6.45, 7) is 0. The van der Waals surface area contributed by atoms with Crippen LogP contribution in [0, 0.1) is 0 Å². The molecule has 0 aliphatic rings. The monoisotopic (exact) mass is 689 g/mol. The van der Waals surface area contributed by atoms with E-state index < -0.39 is 0 Å². The minimum atomic E-state index is 0.869. The number of para-hydroxylation sites is 2. The fourth-order valence-corrected chi connectivity index (χ4v) is 7.70. The number of fused-ring (bicyclic) bond motifs is 4. The van der Waals surface area contributed by atoms with E-state index >= 15 is 0 Å². The average Bonchev–Trinajstić information content (AvgIpc) is 3.64. The van der Waals surface area contributed by atoms with Gasteiger partial charge in [-0.05, 0) is 104 Å². The molecular formula is C52H35NO. The van der Waals surface area contributed by atoms with Crippen LogP contribution in [0.5, 0.6) is 0 Å². The zero-order valence-corrected chi connectivity index (χ0v) is 29.6. The standard InChI is InChI=1S/C52H35NO/c1-2-11-36(12-3-1)44-17-9-18-47(35-44)53(50-21-10-20-49-48-19-6-7-22-51(48)54-52(49)50)46-31-29-39(30-32-46)38-23-25-40(26-24-38)42-15-8-16-43(33-42)45-28-27-37-13-4-5-14-41(37)34-45/h1-35H. The van der Waals surface area contributed by atoms with Gasteiger partial charge in [0.05, 0.1) is 5.69 Å². The Morgan fingerprint density at radius 2 is 0.815 bits per heavy atom. The Hall–Kier alpha value is -7.16. The van der Waals surface area contributed by atoms with Crippen molar-refractivity contribution >= 4 is 49.8 Å². The van der Waals surface area contributed by atoms with Gasteiger partial charge >= 0.3 is 0 Å². The zero-order valence-electron chi connectivity index (χ0n) is 29.6. The lowest BCUT2D eigenvalue weighted by Crippen LogP contribution is -2.10. The maximum Gasteiger partial charge on any atom is 0.159 e. The van der Waals surface area contributed by atoms with Crippen molar-refractivity contribution in [3.63, 3.8) is 0 Å². The van der Waals surface area contributed by atoms with Crippen LogP contribution in [0.15, 0.2) is 217 Å². The van der Waals surface area contributed by atoms with Gasteiger partial charge in [-0.1, -0.05) is 164 Å². The zero-order chi connectivity index (χ0) is 35.8. The minimum Gasteiger partial charge on any atom is -0.454 e. The highest BCUT2D eigenvalue weighted by molar-refractivity contribution is 6.10. The summed E-state index contributed by atoms with van der Waals surface area (Å²) in [4.78, 5) is 2.31. The first-order valence-corrected chi connectivity index (χ1v) is 18.4. The number of hydrogen-bond acceptors (Lipinski definition) is 2. The second-order valence-corrected chi connectivity index (χ2v) is 13.8. The third kappa shape index (κ3) is 5.81. The summed E-state index contributed by atoms with van der Waals surface area (Å²) in [5.41, 5.74) is 14.4. The van der Waals surface area contributed by atoms with E-state index in [0.717, 1.165) is 50.1 Å². The molecule has 1 heterocycles. The van der Waals surface area contributed by atoms with Crippen LogP contribution in [0.1, 0.15) is 0 Å². The molecule has 0 unspecified atom stereocenters. The number of nitrogens with zero attached hydrogens (tertiary/aromatic N) is 1. The first kappa shape index (κ1) is 31.6. The molecule has 254 valence electrons. The van der Waals surface area contributed by atoms with E-state index in [4.69, 9.17) is 4.42 Å². The van der Waals surface area contributed by atoms with Crippen LogP contribution in [0.3, 0.4) is 0 Å². The van der Waals surface area contributed by atoms with Crippen molar-refractivity contribution in [3.05, 3.63) is 212 Å². The van der Waals surface area contributed by atoms with E-state index in [0.29, 0.717) is 0 Å². The van der Waals surface area contributed by atoms with Crippen molar-refractivity contribution in [1.29, 1.82) is 0 Å². The molecule has 10 rings (SSSR count). The van der Waals surface area contributed by atoms with Crippen molar-refractivity contribution in [2.45, 2.75) is 0 Å². The molecule has 0 atom stereocenters. The molecule has 54 heavy (non-hydrogen) atoms. The van der Waals surface area contributed by atoms with Gasteiger partial charge in [0.25, 0.3) is 0 Å². The maximum atomic E-state index is 6.57. The van der Waals surface area contributed by atoms with Crippen LogP contribution in [-0.4, -0.2) is 0 Å². The molecule has 0 saturated carbocycles. The number of furan rings is 1. The summed E-state index contributed by atoms with van der Waals surface area (Å²) in [6.07, 6.45) is 0. The van der Waals surface area contributed by atoms with Crippen LogP contribution in [-0.2, 0) is 0 Å². The number of anilines is 3. The molecule has 0 spiro atoms. The van der Waals surface area contributed by atoms with Gasteiger partial charge in [-0.25, -0.2) is 0 Å². The van der Waals surface area contributed by atoms with Gasteiger partial charge < -0.3 is 9.32 Å². The largest absolute Gasteiger partial charge is 0.454 e. The van der Waals surface area contributed by atoms with Crippen molar-refractivity contribution < 1.29 is 4.42 Å². The van der Waals surface area contributed by atoms with Crippen LogP contribution >= 0.6 is 0 Å². The van der Waals surface area contributed by atoms with Gasteiger partial charge in [0.2, 0.25) is 0 Å². The Balaban J connectivity index is 0.997. The van der Waals surface area contributed by atoms with Crippen molar-refractivity contribution in [2.75, 3.05) is 4.90 Å². The highest BCUT2D eigenvalue weighted by atomic mass is 16.3. The first-order chi connectivity index (χ1) is 26.7. The molecule has 0 amide bonds. The normalized spacial score (nSPS) is 11.3. The van der Waals surface area contributed by atoms with Crippen molar-refractivity contribution in [1.82, 2.24) is 0 Å². The van der Waals surface area contributed by atoms with E-state index in [1.165, 1.54) is 44.2 Å². The summed E-state index contributed by atoms with van der Waals surface area (Å²) in [6, 6.07) is 75.8. The fourth-order valence-electron chi connectivity index (χ4n) is 7.70. The lowest BCUT2D eigenvalue weighted by molar-refractivity contribution is 0.669. The Labute approximate surface area is 314 Å². The van der Waals surface area contributed by atoms with E-state index in [9.17, 15) is 0 Å². The molecule has 0 N–H and O–H groups in total. The minimum absolute atomic E-state index is 0.869. The summed E-state index contributed by atoms with van der Waals surface area (Å²) in [7, 11) is 0. The van der Waals surface area contributed by atoms with Gasteiger partial charge in [0, 0.05) is 22.1 Å². The van der Waals surface area contributed by atoms with E-state index in [1.54, 1.807) is 0 Å². The SMILES string of the molecule is c1ccc(-c2cccc(N(c3ccc(-c4ccc(-c5cccc(-c6ccc7ccccc7c6)c5)cc4)cc3)c3cccc4c3oc3ccccc34)c2)cc1. The van der Waals surface area contributed by atoms with Crippen molar-refractivity contribution in [2.24, 2.45) is 0 Å². The Morgan fingerprint density at radius 3 is 1.61 bits per heavy atom. The molecule has 0 fully saturated rings. The second kappa shape index (κ2) is 13.4. The number of rotatable bonds is 7. The van der Waals surface area contributed by atoms with Crippen LogP contribution < -0.4 is 4.90 Å². The second-order valence-electron chi connectivity index (χ2n) is 13.8. The first-order valence-electron chi connectivity index (χ1n) is 18.4. The van der Waals surface area contributed by atoms with Gasteiger partial charge in [-0.3, -0.25) is 0 Å². The maximum absolute atomic E-state index is 6.57. The Kier molecular flexibility index (Phi) is 7.85. The third-order valence-corrected chi connectivity index (χ3v) is 10.5. The molecule has 2 heteroatoms. The van der Waals surface area contributed by atoms with Crippen LogP contribution in [0.4, 0.5) is 17.1 Å². The molecule has 0 aliphatic heterocycles. The van der Waals surface area contributed by atoms with Crippen LogP contribution in [0.25, 0.3) is 77.2 Å². The predicted molar refractivity (Wildman–Crippen MR) is 228 cm³/mol. The van der Waals surface area contributed by atoms with Gasteiger partial charge in [-0.15, -0.1) is 0 Å². The molecule has 0 saturated heterocycles. The molecule has 0 radical (unpaired) electrons. The topological polar surface area (TPSA) is 16.4 Å². The molecule has 0 aliphatic carbocycles. The highest BCUT2D eigenvalue weighted by Gasteiger charge is 2.20. The Bertz CT molecular complexity index is 2920. The molecule has 1 aromatic heterocycles. The van der Waals surface area contributed by atoms with Crippen LogP contribution in [0.2, 0.25) is 0 Å². The van der Waals surface area contributed by atoms with Gasteiger partial charge in [0.1, 0.15) is 5.58 Å². The fraction of sp³-hybridized carbons (Fsp3) is 0. The summed E-state index contributed by atoms with van der Waals surface area (Å²) in [5.74, 6) is 0. The quantitative estimate of drug-likeness (QED) is 0.166. The molecule has 2 nitrogen and oxygen atoms in total. The number of hydrogen-bond donors (Lipinski definition) is 0. The Morgan fingerprint density at radius 1 is 0.296 bits per heavy atom. The van der Waals surface area contributed by atoms with Crippen molar-refractivity contribution in [3.8, 4) is 44.5 Å². The smallest absolute Gasteiger partial charge is 0.159 e. The molecule has 9 aromatic carbocycles. The predicted octanol–water partition coefficient (Wildman–Crippen LogP) is 14.9. The number of benzene rings is 9.